The van der Waals surface area contributed by atoms with Gasteiger partial charge in [0.05, 0.1) is 6.54 Å². The highest BCUT2D eigenvalue weighted by atomic mass is 127. The number of aryl methyl sites for hydroxylation is 1. The van der Waals surface area contributed by atoms with Crippen molar-refractivity contribution in [3.63, 3.8) is 0 Å². The number of nitrogens with zero attached hydrogens (tertiary/aromatic N) is 2. The summed E-state index contributed by atoms with van der Waals surface area (Å²) in [5.74, 6) is 2.43. The van der Waals surface area contributed by atoms with Crippen molar-refractivity contribution in [1.82, 2.24) is 15.6 Å². The van der Waals surface area contributed by atoms with E-state index in [0.29, 0.717) is 13.3 Å². The lowest BCUT2D eigenvalue weighted by Crippen LogP contribution is -2.43. The summed E-state index contributed by atoms with van der Waals surface area (Å²) in [7, 11) is 0. The SMILES string of the molecule is CCNC(=NCc1ncc(C)s1)NCC(C)(C)c1ccc2c(c1)OCO2.I. The van der Waals surface area contributed by atoms with Crippen LogP contribution in [0.2, 0.25) is 0 Å². The van der Waals surface area contributed by atoms with Crippen LogP contribution in [0.1, 0.15) is 36.2 Å². The molecule has 8 heteroatoms. The normalized spacial score (nSPS) is 13.3. The molecule has 1 aromatic heterocycles. The zero-order valence-electron chi connectivity index (χ0n) is 16.2. The van der Waals surface area contributed by atoms with E-state index in [9.17, 15) is 0 Å². The molecule has 2 aromatic rings. The number of guanidine groups is 1. The highest BCUT2D eigenvalue weighted by Gasteiger charge is 2.24. The number of rotatable bonds is 6. The molecular formula is C19H27IN4O2S. The molecule has 0 unspecified atom stereocenters. The molecule has 27 heavy (non-hydrogen) atoms. The van der Waals surface area contributed by atoms with Crippen LogP contribution in [0.3, 0.4) is 0 Å². The first kappa shape index (κ1) is 21.7. The molecule has 1 aliphatic heterocycles. The maximum atomic E-state index is 5.50. The first-order valence-corrected chi connectivity index (χ1v) is 9.63. The second-order valence-electron chi connectivity index (χ2n) is 6.87. The molecule has 6 nitrogen and oxygen atoms in total. The fourth-order valence-electron chi connectivity index (χ4n) is 2.69. The van der Waals surface area contributed by atoms with Gasteiger partial charge in [-0.25, -0.2) is 9.98 Å². The van der Waals surface area contributed by atoms with E-state index in [0.717, 1.165) is 35.6 Å². The molecule has 0 atom stereocenters. The van der Waals surface area contributed by atoms with Gasteiger partial charge in [-0.05, 0) is 31.5 Å². The smallest absolute Gasteiger partial charge is 0.231 e. The van der Waals surface area contributed by atoms with Crippen LogP contribution in [-0.4, -0.2) is 30.8 Å². The number of thiazole rings is 1. The third-order valence-corrected chi connectivity index (χ3v) is 5.14. The number of nitrogens with one attached hydrogen (secondary N) is 2. The molecule has 0 saturated heterocycles. The van der Waals surface area contributed by atoms with E-state index in [-0.39, 0.29) is 29.4 Å². The molecule has 0 spiro atoms. The van der Waals surface area contributed by atoms with Crippen molar-refractivity contribution in [3.05, 3.63) is 39.8 Å². The molecule has 2 N–H and O–H groups in total. The van der Waals surface area contributed by atoms with Gasteiger partial charge in [0, 0.05) is 29.6 Å². The zero-order valence-corrected chi connectivity index (χ0v) is 19.3. The van der Waals surface area contributed by atoms with E-state index in [2.05, 4.69) is 60.4 Å². The van der Waals surface area contributed by atoms with E-state index < -0.39 is 0 Å². The van der Waals surface area contributed by atoms with Crippen LogP contribution in [0, 0.1) is 6.92 Å². The fraction of sp³-hybridized carbons (Fsp3) is 0.474. The van der Waals surface area contributed by atoms with Gasteiger partial charge in [-0.15, -0.1) is 35.3 Å². The molecule has 0 amide bonds. The van der Waals surface area contributed by atoms with Crippen molar-refractivity contribution < 1.29 is 9.47 Å². The maximum absolute atomic E-state index is 5.50. The van der Waals surface area contributed by atoms with Gasteiger partial charge in [0.2, 0.25) is 6.79 Å². The maximum Gasteiger partial charge on any atom is 0.231 e. The Balaban J connectivity index is 0.00000261. The van der Waals surface area contributed by atoms with Gasteiger partial charge < -0.3 is 20.1 Å². The second-order valence-corrected chi connectivity index (χ2v) is 8.18. The molecule has 0 saturated carbocycles. The summed E-state index contributed by atoms with van der Waals surface area (Å²) in [6.45, 7) is 11.0. The Morgan fingerprint density at radius 2 is 2.04 bits per heavy atom. The molecular weight excluding hydrogens is 475 g/mol. The van der Waals surface area contributed by atoms with Crippen molar-refractivity contribution in [2.75, 3.05) is 19.9 Å². The van der Waals surface area contributed by atoms with E-state index in [1.54, 1.807) is 11.3 Å². The van der Waals surface area contributed by atoms with Crippen LogP contribution in [0.4, 0.5) is 0 Å². The lowest BCUT2D eigenvalue weighted by molar-refractivity contribution is 0.174. The van der Waals surface area contributed by atoms with Crippen LogP contribution < -0.4 is 20.1 Å². The van der Waals surface area contributed by atoms with Gasteiger partial charge in [0.15, 0.2) is 17.5 Å². The molecule has 2 heterocycles. The predicted molar refractivity (Wildman–Crippen MR) is 121 cm³/mol. The predicted octanol–water partition coefficient (Wildman–Crippen LogP) is 3.83. The summed E-state index contributed by atoms with van der Waals surface area (Å²) in [6.07, 6.45) is 1.89. The third kappa shape index (κ3) is 5.71. The Morgan fingerprint density at radius 3 is 2.74 bits per heavy atom. The third-order valence-electron chi connectivity index (χ3n) is 4.24. The average molecular weight is 502 g/mol. The van der Waals surface area contributed by atoms with Gasteiger partial charge in [0.1, 0.15) is 5.01 Å². The Bertz CT molecular complexity index is 792. The summed E-state index contributed by atoms with van der Waals surface area (Å²) < 4.78 is 10.9. The lowest BCUT2D eigenvalue weighted by Gasteiger charge is -2.27. The summed E-state index contributed by atoms with van der Waals surface area (Å²) in [6, 6.07) is 6.13. The number of hydrogen-bond donors (Lipinski definition) is 2. The zero-order chi connectivity index (χ0) is 18.6. The van der Waals surface area contributed by atoms with Crippen LogP contribution in [0.15, 0.2) is 29.4 Å². The van der Waals surface area contributed by atoms with Crippen molar-refractivity contribution in [2.45, 2.75) is 39.7 Å². The number of aromatic nitrogens is 1. The van der Waals surface area contributed by atoms with Gasteiger partial charge in [-0.2, -0.15) is 0 Å². The van der Waals surface area contributed by atoms with E-state index in [1.807, 2.05) is 12.3 Å². The summed E-state index contributed by atoms with van der Waals surface area (Å²) in [5.41, 5.74) is 1.11. The van der Waals surface area contributed by atoms with Crippen molar-refractivity contribution in [2.24, 2.45) is 4.99 Å². The van der Waals surface area contributed by atoms with Crippen LogP contribution in [0.25, 0.3) is 0 Å². The standard InChI is InChI=1S/C19H26N4O2S.HI/c1-5-20-18(22-10-17-21-9-13(2)26-17)23-11-19(3,4)14-6-7-15-16(8-14)25-12-24-15;/h6-9H,5,10-12H2,1-4H3,(H2,20,22,23);1H. The van der Waals surface area contributed by atoms with E-state index in [1.165, 1.54) is 10.4 Å². The lowest BCUT2D eigenvalue weighted by atomic mass is 9.84. The molecule has 0 radical (unpaired) electrons. The Kier molecular flexibility index (Phi) is 7.72. The van der Waals surface area contributed by atoms with E-state index >= 15 is 0 Å². The quantitative estimate of drug-likeness (QED) is 0.357. The number of ether oxygens (including phenoxy) is 2. The average Bonchev–Trinajstić information content (AvgIpc) is 3.25. The monoisotopic (exact) mass is 502 g/mol. The molecule has 0 bridgehead atoms. The molecule has 1 aromatic carbocycles. The first-order chi connectivity index (χ1) is 12.5. The van der Waals surface area contributed by atoms with Gasteiger partial charge in [-0.3, -0.25) is 0 Å². The summed E-state index contributed by atoms with van der Waals surface area (Å²) in [4.78, 5) is 10.2. The van der Waals surface area contributed by atoms with Gasteiger partial charge >= 0.3 is 0 Å². The molecule has 0 fully saturated rings. The van der Waals surface area contributed by atoms with Gasteiger partial charge in [0.25, 0.3) is 0 Å². The topological polar surface area (TPSA) is 67.8 Å². The van der Waals surface area contributed by atoms with Crippen LogP contribution >= 0.6 is 35.3 Å². The first-order valence-electron chi connectivity index (χ1n) is 8.81. The largest absolute Gasteiger partial charge is 0.454 e. The molecule has 0 aliphatic carbocycles. The number of hydrogen-bond acceptors (Lipinski definition) is 5. The molecule has 3 rings (SSSR count). The van der Waals surface area contributed by atoms with Gasteiger partial charge in [-0.1, -0.05) is 19.9 Å². The summed E-state index contributed by atoms with van der Waals surface area (Å²) >= 11 is 1.68. The minimum atomic E-state index is -0.0884. The summed E-state index contributed by atoms with van der Waals surface area (Å²) in [5, 5.41) is 7.77. The highest BCUT2D eigenvalue weighted by Crippen LogP contribution is 2.36. The highest BCUT2D eigenvalue weighted by molar-refractivity contribution is 14.0. The Hall–Kier alpha value is -1.55. The van der Waals surface area contributed by atoms with Crippen LogP contribution in [0.5, 0.6) is 11.5 Å². The number of halogens is 1. The van der Waals surface area contributed by atoms with E-state index in [4.69, 9.17) is 9.47 Å². The molecule has 1 aliphatic rings. The minimum Gasteiger partial charge on any atom is -0.454 e. The fourth-order valence-corrected chi connectivity index (χ4v) is 3.40. The number of benzene rings is 1. The van der Waals surface area contributed by atoms with Crippen molar-refractivity contribution in [1.29, 1.82) is 0 Å². The number of fused-ring (bicyclic) bond motifs is 1. The Labute approximate surface area is 181 Å². The minimum absolute atomic E-state index is 0. The second kappa shape index (κ2) is 9.59. The van der Waals surface area contributed by atoms with Crippen molar-refractivity contribution >= 4 is 41.3 Å². The van der Waals surface area contributed by atoms with Crippen molar-refractivity contribution in [3.8, 4) is 11.5 Å². The number of aliphatic imine (C=N–C) groups is 1. The van der Waals surface area contributed by atoms with Crippen LogP contribution in [-0.2, 0) is 12.0 Å². The Morgan fingerprint density at radius 1 is 1.26 bits per heavy atom. The molecule has 148 valence electrons.